The van der Waals surface area contributed by atoms with Crippen LogP contribution in [0.25, 0.3) is 6.08 Å². The third kappa shape index (κ3) is 4.95. The monoisotopic (exact) mass is 492 g/mol. The lowest BCUT2D eigenvalue weighted by molar-refractivity contribution is -0.139. The number of carbonyl (C=O) groups is 2. The second-order valence-electron chi connectivity index (χ2n) is 7.74. The van der Waals surface area contributed by atoms with E-state index in [2.05, 4.69) is 4.99 Å². The molecule has 1 aliphatic rings. The van der Waals surface area contributed by atoms with Crippen molar-refractivity contribution < 1.29 is 23.8 Å². The minimum absolute atomic E-state index is 0.190. The standard InChI is InChI=1S/C26H24N2O6S/c1-5-33-25(31)22-15(2)27-26-28(23(22)18-8-12-20(13-9-18)34-16(3)29)24(30)21(35-26)14-17-6-10-19(32-4)11-7-17/h6-14,23H,5H2,1-4H3/b21-14-. The summed E-state index contributed by atoms with van der Waals surface area (Å²) in [5.41, 5.74) is 1.99. The van der Waals surface area contributed by atoms with Crippen molar-refractivity contribution in [3.63, 3.8) is 0 Å². The number of hydrogen-bond acceptors (Lipinski definition) is 8. The topological polar surface area (TPSA) is 96.2 Å². The Morgan fingerprint density at radius 2 is 1.74 bits per heavy atom. The number of nitrogens with zero attached hydrogens (tertiary/aromatic N) is 2. The molecule has 1 unspecified atom stereocenters. The van der Waals surface area contributed by atoms with E-state index in [-0.39, 0.29) is 17.7 Å². The summed E-state index contributed by atoms with van der Waals surface area (Å²) >= 11 is 1.25. The molecule has 0 saturated heterocycles. The summed E-state index contributed by atoms with van der Waals surface area (Å²) in [4.78, 5) is 42.9. The number of esters is 2. The predicted molar refractivity (Wildman–Crippen MR) is 131 cm³/mol. The van der Waals surface area contributed by atoms with Gasteiger partial charge in [0.25, 0.3) is 5.56 Å². The highest BCUT2D eigenvalue weighted by molar-refractivity contribution is 7.07. The Balaban J connectivity index is 1.88. The summed E-state index contributed by atoms with van der Waals surface area (Å²) in [6, 6.07) is 13.3. The maximum atomic E-state index is 13.6. The Morgan fingerprint density at radius 3 is 2.34 bits per heavy atom. The number of fused-ring (bicyclic) bond motifs is 1. The van der Waals surface area contributed by atoms with E-state index in [1.807, 2.05) is 24.3 Å². The Morgan fingerprint density at radius 1 is 1.09 bits per heavy atom. The van der Waals surface area contributed by atoms with Gasteiger partial charge in [-0.1, -0.05) is 35.6 Å². The number of rotatable bonds is 6. The average molecular weight is 493 g/mol. The number of methoxy groups -OCH3 is 1. The van der Waals surface area contributed by atoms with E-state index < -0.39 is 18.0 Å². The highest BCUT2D eigenvalue weighted by Crippen LogP contribution is 2.31. The van der Waals surface area contributed by atoms with E-state index in [4.69, 9.17) is 14.2 Å². The number of ether oxygens (including phenoxy) is 3. The molecule has 9 heteroatoms. The summed E-state index contributed by atoms with van der Waals surface area (Å²) in [5.74, 6) is 0.113. The number of thiazole rings is 1. The first-order valence-corrected chi connectivity index (χ1v) is 11.8. The van der Waals surface area contributed by atoms with Crippen LogP contribution in [-0.4, -0.2) is 30.2 Å². The number of allylic oxidation sites excluding steroid dienone is 1. The number of hydrogen-bond donors (Lipinski definition) is 0. The third-order valence-electron chi connectivity index (χ3n) is 5.39. The van der Waals surface area contributed by atoms with Gasteiger partial charge in [-0.05, 0) is 55.3 Å². The molecule has 1 aromatic heterocycles. The largest absolute Gasteiger partial charge is 0.497 e. The van der Waals surface area contributed by atoms with Crippen molar-refractivity contribution in [2.24, 2.45) is 4.99 Å². The van der Waals surface area contributed by atoms with Crippen LogP contribution < -0.4 is 24.4 Å². The van der Waals surface area contributed by atoms with Gasteiger partial charge in [-0.2, -0.15) is 0 Å². The van der Waals surface area contributed by atoms with Crippen molar-refractivity contribution in [1.29, 1.82) is 0 Å². The Kier molecular flexibility index (Phi) is 6.97. The fourth-order valence-electron chi connectivity index (χ4n) is 3.84. The van der Waals surface area contributed by atoms with Gasteiger partial charge < -0.3 is 14.2 Å². The third-order valence-corrected chi connectivity index (χ3v) is 6.37. The molecule has 0 amide bonds. The average Bonchev–Trinajstić information content (AvgIpc) is 3.13. The van der Waals surface area contributed by atoms with Crippen molar-refractivity contribution in [2.75, 3.05) is 13.7 Å². The molecular formula is C26H24N2O6S. The minimum Gasteiger partial charge on any atom is -0.497 e. The molecule has 0 spiro atoms. The molecule has 0 N–H and O–H groups in total. The lowest BCUT2D eigenvalue weighted by atomic mass is 9.96. The summed E-state index contributed by atoms with van der Waals surface area (Å²) in [6.07, 6.45) is 1.79. The van der Waals surface area contributed by atoms with Crippen LogP contribution in [0.2, 0.25) is 0 Å². The van der Waals surface area contributed by atoms with Crippen LogP contribution in [-0.2, 0) is 14.3 Å². The van der Waals surface area contributed by atoms with Crippen LogP contribution in [0.5, 0.6) is 11.5 Å². The van der Waals surface area contributed by atoms with Gasteiger partial charge in [0.15, 0.2) is 4.80 Å². The molecule has 0 fully saturated rings. The molecule has 2 aromatic carbocycles. The Bertz CT molecular complexity index is 1480. The molecule has 35 heavy (non-hydrogen) atoms. The normalized spacial score (nSPS) is 15.3. The number of benzene rings is 2. The second kappa shape index (κ2) is 10.1. The van der Waals surface area contributed by atoms with E-state index in [9.17, 15) is 14.4 Å². The molecule has 180 valence electrons. The zero-order valence-corrected chi connectivity index (χ0v) is 20.5. The van der Waals surface area contributed by atoms with Crippen LogP contribution in [0.1, 0.15) is 37.9 Å². The zero-order chi connectivity index (χ0) is 25.1. The van der Waals surface area contributed by atoms with Crippen LogP contribution in [0.4, 0.5) is 0 Å². The van der Waals surface area contributed by atoms with Crippen molar-refractivity contribution in [1.82, 2.24) is 4.57 Å². The minimum atomic E-state index is -0.741. The van der Waals surface area contributed by atoms with Crippen molar-refractivity contribution in [2.45, 2.75) is 26.8 Å². The summed E-state index contributed by atoms with van der Waals surface area (Å²) in [7, 11) is 1.59. The van der Waals surface area contributed by atoms with Gasteiger partial charge in [0, 0.05) is 6.92 Å². The molecule has 0 bridgehead atoms. The molecule has 3 aromatic rings. The Labute approximate surface area is 205 Å². The SMILES string of the molecule is CCOC(=O)C1=C(C)N=c2s/c(=C\c3ccc(OC)cc3)c(=O)n2C1c1ccc(OC(C)=O)cc1. The van der Waals surface area contributed by atoms with E-state index >= 15 is 0 Å². The Hall–Kier alpha value is -3.98. The zero-order valence-electron chi connectivity index (χ0n) is 19.7. The molecule has 1 atom stereocenters. The first-order valence-electron chi connectivity index (χ1n) is 10.9. The molecule has 0 radical (unpaired) electrons. The molecule has 0 saturated carbocycles. The van der Waals surface area contributed by atoms with Gasteiger partial charge >= 0.3 is 11.9 Å². The van der Waals surface area contributed by atoms with E-state index in [1.165, 1.54) is 22.8 Å². The smallest absolute Gasteiger partial charge is 0.338 e. The highest BCUT2D eigenvalue weighted by Gasteiger charge is 2.33. The molecule has 8 nitrogen and oxygen atoms in total. The summed E-state index contributed by atoms with van der Waals surface area (Å²) < 4.78 is 17.6. The lowest BCUT2D eigenvalue weighted by Gasteiger charge is -2.24. The predicted octanol–water partition coefficient (Wildman–Crippen LogP) is 2.73. The molecule has 4 rings (SSSR count). The molecular weight excluding hydrogens is 468 g/mol. The van der Waals surface area contributed by atoms with Crippen LogP contribution in [0.15, 0.2) is 69.6 Å². The maximum absolute atomic E-state index is 13.6. The highest BCUT2D eigenvalue weighted by atomic mass is 32.1. The summed E-state index contributed by atoms with van der Waals surface area (Å²) in [5, 5.41) is 0. The van der Waals surface area contributed by atoms with Gasteiger partial charge in [-0.3, -0.25) is 14.2 Å². The van der Waals surface area contributed by atoms with Crippen LogP contribution >= 0.6 is 11.3 Å². The molecule has 1 aliphatic heterocycles. The van der Waals surface area contributed by atoms with Crippen molar-refractivity contribution in [3.8, 4) is 11.5 Å². The lowest BCUT2D eigenvalue weighted by Crippen LogP contribution is -2.39. The van der Waals surface area contributed by atoms with E-state index in [0.29, 0.717) is 26.3 Å². The molecule has 2 heterocycles. The van der Waals surface area contributed by atoms with Gasteiger partial charge in [0.2, 0.25) is 0 Å². The second-order valence-corrected chi connectivity index (χ2v) is 8.75. The van der Waals surface area contributed by atoms with Gasteiger partial charge in [-0.15, -0.1) is 0 Å². The van der Waals surface area contributed by atoms with Crippen molar-refractivity contribution in [3.05, 3.63) is 90.6 Å². The van der Waals surface area contributed by atoms with Gasteiger partial charge in [0.1, 0.15) is 11.5 Å². The first-order chi connectivity index (χ1) is 16.8. The fourth-order valence-corrected chi connectivity index (χ4v) is 4.89. The fraction of sp³-hybridized carbons (Fsp3) is 0.231. The summed E-state index contributed by atoms with van der Waals surface area (Å²) in [6.45, 7) is 4.96. The van der Waals surface area contributed by atoms with E-state index in [0.717, 1.165) is 11.3 Å². The van der Waals surface area contributed by atoms with Crippen LogP contribution in [0, 0.1) is 0 Å². The quantitative estimate of drug-likeness (QED) is 0.388. The van der Waals surface area contributed by atoms with Gasteiger partial charge in [-0.25, -0.2) is 9.79 Å². The van der Waals surface area contributed by atoms with Crippen molar-refractivity contribution >= 4 is 29.4 Å². The van der Waals surface area contributed by atoms with Gasteiger partial charge in [0.05, 0.1) is 35.6 Å². The first kappa shape index (κ1) is 24.2. The van der Waals surface area contributed by atoms with Crippen LogP contribution in [0.3, 0.4) is 0 Å². The number of aromatic nitrogens is 1. The van der Waals surface area contributed by atoms with E-state index in [1.54, 1.807) is 51.3 Å². The maximum Gasteiger partial charge on any atom is 0.338 e. The molecule has 0 aliphatic carbocycles. The number of carbonyl (C=O) groups excluding carboxylic acids is 2.